The van der Waals surface area contributed by atoms with Gasteiger partial charge in [0.25, 0.3) is 0 Å². The second-order valence-electron chi connectivity index (χ2n) is 5.87. The molecule has 1 atom stereocenters. The monoisotopic (exact) mass is 329 g/mol. The number of methoxy groups -OCH3 is 1. The van der Waals surface area contributed by atoms with Gasteiger partial charge in [-0.3, -0.25) is 0 Å². The molecular weight excluding hydrogens is 302 g/mol. The molecule has 1 heterocycles. The van der Waals surface area contributed by atoms with E-state index in [4.69, 9.17) is 9.15 Å². The molecule has 130 valence electrons. The van der Waals surface area contributed by atoms with Gasteiger partial charge in [0, 0.05) is 6.54 Å². The van der Waals surface area contributed by atoms with Crippen LogP contribution < -0.4 is 15.4 Å². The van der Waals surface area contributed by atoms with Crippen LogP contribution in [0.4, 0.5) is 0 Å². The third kappa shape index (κ3) is 5.05. The summed E-state index contributed by atoms with van der Waals surface area (Å²) < 4.78 is 11.0. The van der Waals surface area contributed by atoms with Crippen molar-refractivity contribution in [3.8, 4) is 5.75 Å². The average Bonchev–Trinajstić information content (AvgIpc) is 2.99. The second kappa shape index (κ2) is 8.43. The van der Waals surface area contributed by atoms with E-state index in [-0.39, 0.29) is 6.04 Å². The zero-order valence-electron chi connectivity index (χ0n) is 15.1. The van der Waals surface area contributed by atoms with Gasteiger partial charge in [0.2, 0.25) is 0 Å². The number of nitrogens with zero attached hydrogens (tertiary/aromatic N) is 1. The first-order valence-electron chi connectivity index (χ1n) is 8.27. The van der Waals surface area contributed by atoms with E-state index >= 15 is 0 Å². The first-order chi connectivity index (χ1) is 11.5. The van der Waals surface area contributed by atoms with Gasteiger partial charge in [0.05, 0.1) is 19.7 Å². The molecule has 24 heavy (non-hydrogen) atoms. The van der Waals surface area contributed by atoms with Crippen molar-refractivity contribution in [1.29, 1.82) is 0 Å². The van der Waals surface area contributed by atoms with Crippen molar-refractivity contribution in [2.24, 2.45) is 4.99 Å². The van der Waals surface area contributed by atoms with Crippen molar-refractivity contribution in [1.82, 2.24) is 10.6 Å². The molecule has 0 aliphatic carbocycles. The number of nitrogens with one attached hydrogen (secondary N) is 2. The molecule has 2 rings (SSSR count). The highest BCUT2D eigenvalue weighted by Crippen LogP contribution is 2.18. The van der Waals surface area contributed by atoms with Gasteiger partial charge in [0.15, 0.2) is 5.96 Å². The van der Waals surface area contributed by atoms with E-state index in [9.17, 15) is 0 Å². The molecule has 5 heteroatoms. The number of rotatable bonds is 6. The third-order valence-electron chi connectivity index (χ3n) is 3.65. The lowest BCUT2D eigenvalue weighted by molar-refractivity contribution is 0.414. The fourth-order valence-electron chi connectivity index (χ4n) is 2.49. The van der Waals surface area contributed by atoms with Gasteiger partial charge in [-0.25, -0.2) is 4.99 Å². The van der Waals surface area contributed by atoms with E-state index in [0.717, 1.165) is 40.9 Å². The van der Waals surface area contributed by atoms with Gasteiger partial charge in [-0.1, -0.05) is 6.07 Å². The lowest BCUT2D eigenvalue weighted by atomic mass is 10.1. The maximum absolute atomic E-state index is 5.67. The fraction of sp³-hybridized carbons (Fsp3) is 0.421. The number of aryl methyl sites for hydroxylation is 2. The molecule has 2 aromatic rings. The van der Waals surface area contributed by atoms with E-state index in [1.807, 2.05) is 31.2 Å². The van der Waals surface area contributed by atoms with Crippen molar-refractivity contribution in [3.05, 3.63) is 53.0 Å². The Bertz CT molecular complexity index is 692. The summed E-state index contributed by atoms with van der Waals surface area (Å²) in [5.74, 6) is 3.43. The van der Waals surface area contributed by atoms with Crippen molar-refractivity contribution < 1.29 is 9.15 Å². The van der Waals surface area contributed by atoms with Gasteiger partial charge < -0.3 is 19.8 Å². The lowest BCUT2D eigenvalue weighted by Gasteiger charge is -2.16. The number of hydrogen-bond donors (Lipinski definition) is 2. The molecule has 2 N–H and O–H groups in total. The minimum absolute atomic E-state index is 0.0449. The van der Waals surface area contributed by atoms with Crippen molar-refractivity contribution in [2.45, 2.75) is 40.3 Å². The van der Waals surface area contributed by atoms with E-state index in [2.05, 4.69) is 42.5 Å². The molecule has 0 spiro atoms. The number of ether oxygens (including phenoxy) is 1. The number of furan rings is 1. The molecule has 0 saturated heterocycles. The molecule has 0 bridgehead atoms. The summed E-state index contributed by atoms with van der Waals surface area (Å²) in [5.41, 5.74) is 2.28. The Morgan fingerprint density at radius 2 is 2.04 bits per heavy atom. The van der Waals surface area contributed by atoms with Gasteiger partial charge in [-0.2, -0.15) is 0 Å². The van der Waals surface area contributed by atoms with Crippen LogP contribution in [0.2, 0.25) is 0 Å². The standard InChI is InChI=1S/C19H27N3O2/c1-6-20-19(22-15(4)18-8-7-14(3)24-18)21-12-16-9-13(2)10-17(11-16)23-5/h7-11,15H,6,12H2,1-5H3,(H2,20,21,22). The zero-order valence-corrected chi connectivity index (χ0v) is 15.1. The van der Waals surface area contributed by atoms with Crippen LogP contribution in [-0.4, -0.2) is 19.6 Å². The Balaban J connectivity index is 2.08. The molecular formula is C19H27N3O2. The highest BCUT2D eigenvalue weighted by molar-refractivity contribution is 5.80. The smallest absolute Gasteiger partial charge is 0.192 e. The van der Waals surface area contributed by atoms with Gasteiger partial charge in [-0.05, 0) is 63.1 Å². The Morgan fingerprint density at radius 3 is 2.67 bits per heavy atom. The van der Waals surface area contributed by atoms with Gasteiger partial charge in [-0.15, -0.1) is 0 Å². The summed E-state index contributed by atoms with van der Waals surface area (Å²) in [7, 11) is 1.68. The molecule has 0 fully saturated rings. The van der Waals surface area contributed by atoms with Crippen LogP contribution in [-0.2, 0) is 6.54 Å². The van der Waals surface area contributed by atoms with Gasteiger partial charge >= 0.3 is 0 Å². The van der Waals surface area contributed by atoms with Gasteiger partial charge in [0.1, 0.15) is 17.3 Å². The van der Waals surface area contributed by atoms with E-state index < -0.39 is 0 Å². The summed E-state index contributed by atoms with van der Waals surface area (Å²) in [6, 6.07) is 10.1. The number of aliphatic imine (C=N–C) groups is 1. The Hall–Kier alpha value is -2.43. The first-order valence-corrected chi connectivity index (χ1v) is 8.27. The minimum atomic E-state index is 0.0449. The average molecular weight is 329 g/mol. The lowest BCUT2D eigenvalue weighted by Crippen LogP contribution is -2.38. The Morgan fingerprint density at radius 1 is 1.25 bits per heavy atom. The van der Waals surface area contributed by atoms with Crippen LogP contribution in [0.5, 0.6) is 5.75 Å². The number of benzene rings is 1. The first kappa shape index (κ1) is 17.9. The summed E-state index contributed by atoms with van der Waals surface area (Å²) in [4.78, 5) is 4.67. The third-order valence-corrected chi connectivity index (χ3v) is 3.65. The van der Waals surface area contributed by atoms with Crippen LogP contribution in [0, 0.1) is 13.8 Å². The number of hydrogen-bond acceptors (Lipinski definition) is 3. The van der Waals surface area contributed by atoms with Crippen LogP contribution in [0.1, 0.15) is 42.5 Å². The zero-order chi connectivity index (χ0) is 17.5. The van der Waals surface area contributed by atoms with Crippen LogP contribution in [0.25, 0.3) is 0 Å². The predicted molar refractivity (Wildman–Crippen MR) is 97.5 cm³/mol. The SMILES string of the molecule is CCNC(=NCc1cc(C)cc(OC)c1)NC(C)c1ccc(C)o1. The minimum Gasteiger partial charge on any atom is -0.497 e. The normalized spacial score (nSPS) is 12.8. The van der Waals surface area contributed by atoms with Crippen LogP contribution >= 0.6 is 0 Å². The highest BCUT2D eigenvalue weighted by Gasteiger charge is 2.11. The molecule has 1 aromatic heterocycles. The van der Waals surface area contributed by atoms with Crippen molar-refractivity contribution >= 4 is 5.96 Å². The topological polar surface area (TPSA) is 58.8 Å². The number of guanidine groups is 1. The van der Waals surface area contributed by atoms with E-state index in [0.29, 0.717) is 6.54 Å². The molecule has 0 amide bonds. The maximum Gasteiger partial charge on any atom is 0.192 e. The molecule has 0 radical (unpaired) electrons. The molecule has 1 unspecified atom stereocenters. The van der Waals surface area contributed by atoms with Crippen molar-refractivity contribution in [2.75, 3.05) is 13.7 Å². The molecule has 1 aromatic carbocycles. The Kier molecular flexibility index (Phi) is 6.29. The van der Waals surface area contributed by atoms with E-state index in [1.54, 1.807) is 7.11 Å². The summed E-state index contributed by atoms with van der Waals surface area (Å²) in [5, 5.41) is 6.64. The van der Waals surface area contributed by atoms with Crippen LogP contribution in [0.15, 0.2) is 39.7 Å². The second-order valence-corrected chi connectivity index (χ2v) is 5.87. The maximum atomic E-state index is 5.67. The fourth-order valence-corrected chi connectivity index (χ4v) is 2.49. The molecule has 0 aliphatic rings. The summed E-state index contributed by atoms with van der Waals surface area (Å²) >= 11 is 0. The van der Waals surface area contributed by atoms with Crippen LogP contribution in [0.3, 0.4) is 0 Å². The summed E-state index contributed by atoms with van der Waals surface area (Å²) in [6.45, 7) is 9.49. The highest BCUT2D eigenvalue weighted by atomic mass is 16.5. The largest absolute Gasteiger partial charge is 0.497 e. The van der Waals surface area contributed by atoms with E-state index in [1.165, 1.54) is 0 Å². The molecule has 0 saturated carbocycles. The Labute approximate surface area is 144 Å². The summed E-state index contributed by atoms with van der Waals surface area (Å²) in [6.07, 6.45) is 0. The quantitative estimate of drug-likeness (QED) is 0.626. The predicted octanol–water partition coefficient (Wildman–Crippen LogP) is 3.72. The molecule has 0 aliphatic heterocycles. The molecule has 5 nitrogen and oxygen atoms in total. The van der Waals surface area contributed by atoms with Crippen molar-refractivity contribution in [3.63, 3.8) is 0 Å².